The van der Waals surface area contributed by atoms with E-state index < -0.39 is 0 Å². The van der Waals surface area contributed by atoms with Gasteiger partial charge in [0.25, 0.3) is 5.91 Å². The minimum atomic E-state index is -0.270. The number of para-hydroxylation sites is 2. The van der Waals surface area contributed by atoms with Crippen molar-refractivity contribution in [1.82, 2.24) is 0 Å². The van der Waals surface area contributed by atoms with E-state index >= 15 is 0 Å². The van der Waals surface area contributed by atoms with Crippen molar-refractivity contribution < 1.29 is 9.59 Å². The molecule has 0 aliphatic rings. The summed E-state index contributed by atoms with van der Waals surface area (Å²) in [5.41, 5.74) is 1.61. The molecule has 0 heterocycles. The molecule has 0 aliphatic heterocycles. The topological polar surface area (TPSA) is 58.2 Å². The van der Waals surface area contributed by atoms with Gasteiger partial charge in [-0.05, 0) is 40.2 Å². The Bertz CT molecular complexity index is 671. The lowest BCUT2D eigenvalue weighted by molar-refractivity contribution is -0.115. The number of carbonyl (C=O) groups excluding carboxylic acids is 2. The Morgan fingerprint density at radius 1 is 0.952 bits per heavy atom. The summed E-state index contributed by atoms with van der Waals surface area (Å²) in [6, 6.07) is 14.3. The van der Waals surface area contributed by atoms with Crippen LogP contribution in [-0.4, -0.2) is 11.8 Å². The molecule has 0 atom stereocenters. The average molecular weight is 347 g/mol. The number of anilines is 2. The highest BCUT2D eigenvalue weighted by molar-refractivity contribution is 9.10. The van der Waals surface area contributed by atoms with Crippen LogP contribution in [-0.2, 0) is 4.79 Å². The molecule has 0 aromatic heterocycles. The van der Waals surface area contributed by atoms with Gasteiger partial charge in [-0.1, -0.05) is 31.2 Å². The minimum Gasteiger partial charge on any atom is -0.325 e. The summed E-state index contributed by atoms with van der Waals surface area (Å²) in [4.78, 5) is 23.9. The number of hydrogen-bond donors (Lipinski definition) is 2. The van der Waals surface area contributed by atoms with Gasteiger partial charge in [0.05, 0.1) is 16.9 Å². The molecule has 0 saturated heterocycles. The van der Waals surface area contributed by atoms with Crippen LogP contribution in [0.3, 0.4) is 0 Å². The van der Waals surface area contributed by atoms with Gasteiger partial charge in [0.1, 0.15) is 0 Å². The maximum absolute atomic E-state index is 12.4. The highest BCUT2D eigenvalue weighted by atomic mass is 79.9. The second-order valence-corrected chi connectivity index (χ2v) is 5.24. The largest absolute Gasteiger partial charge is 0.325 e. The quantitative estimate of drug-likeness (QED) is 0.877. The van der Waals surface area contributed by atoms with E-state index in [4.69, 9.17) is 0 Å². The Kier molecular flexibility index (Phi) is 5.11. The number of amides is 2. The summed E-state index contributed by atoms with van der Waals surface area (Å²) < 4.78 is 0.799. The Hall–Kier alpha value is -2.14. The number of benzene rings is 2. The predicted molar refractivity (Wildman–Crippen MR) is 87.5 cm³/mol. The van der Waals surface area contributed by atoms with Crippen molar-refractivity contribution >= 4 is 39.1 Å². The normalized spacial score (nSPS) is 10.0. The molecular formula is C16H15BrN2O2. The van der Waals surface area contributed by atoms with Crippen molar-refractivity contribution in [2.75, 3.05) is 10.6 Å². The number of carbonyl (C=O) groups is 2. The highest BCUT2D eigenvalue weighted by Crippen LogP contribution is 2.23. The van der Waals surface area contributed by atoms with Crippen LogP contribution in [0.1, 0.15) is 23.7 Å². The van der Waals surface area contributed by atoms with Gasteiger partial charge in [-0.25, -0.2) is 0 Å². The first-order valence-electron chi connectivity index (χ1n) is 6.56. The zero-order valence-electron chi connectivity index (χ0n) is 11.5. The molecule has 2 N–H and O–H groups in total. The van der Waals surface area contributed by atoms with Gasteiger partial charge >= 0.3 is 0 Å². The fourth-order valence-corrected chi connectivity index (χ4v) is 2.16. The molecule has 2 rings (SSSR count). The third kappa shape index (κ3) is 3.92. The van der Waals surface area contributed by atoms with Gasteiger partial charge in [0.15, 0.2) is 0 Å². The van der Waals surface area contributed by atoms with Gasteiger partial charge in [0, 0.05) is 10.9 Å². The van der Waals surface area contributed by atoms with E-state index in [0.29, 0.717) is 23.4 Å². The molecule has 0 spiro atoms. The molecule has 0 bridgehead atoms. The molecule has 0 fully saturated rings. The summed E-state index contributed by atoms with van der Waals surface area (Å²) in [6.07, 6.45) is 0.361. The zero-order valence-corrected chi connectivity index (χ0v) is 13.1. The summed E-state index contributed by atoms with van der Waals surface area (Å²) >= 11 is 3.38. The van der Waals surface area contributed by atoms with Crippen LogP contribution < -0.4 is 10.6 Å². The van der Waals surface area contributed by atoms with Crippen LogP contribution in [0, 0.1) is 0 Å². The molecule has 0 aliphatic carbocycles. The number of rotatable bonds is 4. The summed E-state index contributed by atoms with van der Waals surface area (Å²) in [6.45, 7) is 1.76. The van der Waals surface area contributed by atoms with E-state index in [1.807, 2.05) is 18.2 Å². The fourth-order valence-electron chi connectivity index (χ4n) is 1.78. The molecule has 21 heavy (non-hydrogen) atoms. The summed E-state index contributed by atoms with van der Waals surface area (Å²) in [5.74, 6) is -0.398. The van der Waals surface area contributed by atoms with Crippen molar-refractivity contribution in [1.29, 1.82) is 0 Å². The van der Waals surface area contributed by atoms with Crippen LogP contribution in [0.5, 0.6) is 0 Å². The van der Waals surface area contributed by atoms with Crippen LogP contribution >= 0.6 is 15.9 Å². The van der Waals surface area contributed by atoms with E-state index in [1.165, 1.54) is 0 Å². The lowest BCUT2D eigenvalue weighted by atomic mass is 10.1. The van der Waals surface area contributed by atoms with E-state index in [-0.39, 0.29) is 11.8 Å². The van der Waals surface area contributed by atoms with E-state index in [9.17, 15) is 9.59 Å². The number of hydrogen-bond acceptors (Lipinski definition) is 2. The Morgan fingerprint density at radius 2 is 1.57 bits per heavy atom. The van der Waals surface area contributed by atoms with Gasteiger partial charge in [0.2, 0.25) is 5.91 Å². The number of nitrogens with one attached hydrogen (secondary N) is 2. The van der Waals surface area contributed by atoms with E-state index in [0.717, 1.165) is 4.47 Å². The van der Waals surface area contributed by atoms with Gasteiger partial charge < -0.3 is 10.6 Å². The van der Waals surface area contributed by atoms with Crippen LogP contribution in [0.15, 0.2) is 53.0 Å². The van der Waals surface area contributed by atoms with Crippen molar-refractivity contribution in [2.45, 2.75) is 13.3 Å². The first-order valence-corrected chi connectivity index (χ1v) is 7.36. The summed E-state index contributed by atoms with van der Waals surface area (Å²) in [5, 5.41) is 5.55. The molecule has 108 valence electrons. The second kappa shape index (κ2) is 7.04. The molecule has 5 heteroatoms. The lowest BCUT2D eigenvalue weighted by Crippen LogP contribution is -2.17. The van der Waals surface area contributed by atoms with Crippen molar-refractivity contribution in [3.05, 3.63) is 58.6 Å². The van der Waals surface area contributed by atoms with Gasteiger partial charge in [-0.2, -0.15) is 0 Å². The third-order valence-electron chi connectivity index (χ3n) is 2.89. The Labute approximate surface area is 131 Å². The first-order chi connectivity index (χ1) is 10.1. The maximum Gasteiger partial charge on any atom is 0.257 e. The maximum atomic E-state index is 12.4. The molecular weight excluding hydrogens is 332 g/mol. The highest BCUT2D eigenvalue weighted by Gasteiger charge is 2.13. The van der Waals surface area contributed by atoms with E-state index in [1.54, 1.807) is 37.3 Å². The predicted octanol–water partition coefficient (Wildman–Crippen LogP) is 4.05. The monoisotopic (exact) mass is 346 g/mol. The third-order valence-corrected chi connectivity index (χ3v) is 3.58. The molecule has 0 saturated carbocycles. The van der Waals surface area contributed by atoms with Crippen molar-refractivity contribution in [3.8, 4) is 0 Å². The molecule has 4 nitrogen and oxygen atoms in total. The number of halogens is 1. The van der Waals surface area contributed by atoms with E-state index in [2.05, 4.69) is 26.6 Å². The zero-order chi connectivity index (χ0) is 15.2. The SMILES string of the molecule is CCC(=O)Nc1ccccc1C(=O)Nc1ccccc1Br. The minimum absolute atomic E-state index is 0.129. The standard InChI is InChI=1S/C16H15BrN2O2/c1-2-15(20)18-13-9-5-3-7-11(13)16(21)19-14-10-6-4-8-12(14)17/h3-10H,2H2,1H3,(H,18,20)(H,19,21). The summed E-state index contributed by atoms with van der Waals surface area (Å²) in [7, 11) is 0. The fraction of sp³-hybridized carbons (Fsp3) is 0.125. The first kappa shape index (κ1) is 15.3. The van der Waals surface area contributed by atoms with Gasteiger partial charge in [-0.15, -0.1) is 0 Å². The molecule has 0 radical (unpaired) electrons. The molecule has 2 aromatic carbocycles. The molecule has 2 aromatic rings. The van der Waals surface area contributed by atoms with Crippen LogP contribution in [0.2, 0.25) is 0 Å². The Morgan fingerprint density at radius 3 is 2.24 bits per heavy atom. The lowest BCUT2D eigenvalue weighted by Gasteiger charge is -2.11. The van der Waals surface area contributed by atoms with Crippen molar-refractivity contribution in [2.24, 2.45) is 0 Å². The molecule has 2 amide bonds. The van der Waals surface area contributed by atoms with Gasteiger partial charge in [-0.3, -0.25) is 9.59 Å². The van der Waals surface area contributed by atoms with Crippen molar-refractivity contribution in [3.63, 3.8) is 0 Å². The van der Waals surface area contributed by atoms with Crippen LogP contribution in [0.4, 0.5) is 11.4 Å². The Balaban J connectivity index is 2.23. The smallest absolute Gasteiger partial charge is 0.257 e. The van der Waals surface area contributed by atoms with Crippen LogP contribution in [0.25, 0.3) is 0 Å². The molecule has 0 unspecified atom stereocenters. The average Bonchev–Trinajstić information content (AvgIpc) is 2.50. The second-order valence-electron chi connectivity index (χ2n) is 4.38.